The van der Waals surface area contributed by atoms with Gasteiger partial charge in [-0.1, -0.05) is 6.07 Å². The average Bonchev–Trinajstić information content (AvgIpc) is 3.10. The maximum absolute atomic E-state index is 5.45. The van der Waals surface area contributed by atoms with E-state index in [1.165, 1.54) is 4.88 Å². The van der Waals surface area contributed by atoms with Crippen LogP contribution in [0.1, 0.15) is 28.4 Å². The van der Waals surface area contributed by atoms with Gasteiger partial charge >= 0.3 is 0 Å². The van der Waals surface area contributed by atoms with Crippen LogP contribution in [0.3, 0.4) is 0 Å². The first-order valence-electron chi connectivity index (χ1n) is 9.30. The van der Waals surface area contributed by atoms with Crippen molar-refractivity contribution in [2.45, 2.75) is 26.4 Å². The van der Waals surface area contributed by atoms with E-state index < -0.39 is 0 Å². The van der Waals surface area contributed by atoms with E-state index in [1.54, 1.807) is 25.6 Å². The highest BCUT2D eigenvalue weighted by Gasteiger charge is 2.17. The van der Waals surface area contributed by atoms with Crippen LogP contribution in [0.4, 0.5) is 0 Å². The van der Waals surface area contributed by atoms with Gasteiger partial charge in [-0.15, -0.1) is 11.3 Å². The molecule has 2 aromatic rings. The second kappa shape index (κ2) is 10.9. The molecule has 0 saturated heterocycles. The molecule has 7 nitrogen and oxygen atoms in total. The quantitative estimate of drug-likeness (QED) is 0.494. The summed E-state index contributed by atoms with van der Waals surface area (Å²) in [5.41, 5.74) is 1.14. The first-order valence-corrected chi connectivity index (χ1v) is 10.1. The van der Waals surface area contributed by atoms with Crippen LogP contribution in [0.2, 0.25) is 0 Å². The summed E-state index contributed by atoms with van der Waals surface area (Å²) in [7, 11) is 7.42. The normalized spacial score (nSPS) is 12.8. The molecule has 2 N–H and O–H groups in total. The zero-order valence-electron chi connectivity index (χ0n) is 17.6. The maximum atomic E-state index is 5.45. The van der Waals surface area contributed by atoms with Gasteiger partial charge in [0.2, 0.25) is 0 Å². The largest absolute Gasteiger partial charge is 0.493 e. The number of nitrogens with one attached hydrogen (secondary N) is 2. The Morgan fingerprint density at radius 1 is 1.21 bits per heavy atom. The van der Waals surface area contributed by atoms with Gasteiger partial charge in [-0.05, 0) is 45.6 Å². The lowest BCUT2D eigenvalue weighted by Crippen LogP contribution is -2.41. The Hall–Kier alpha value is -2.32. The zero-order chi connectivity index (χ0) is 20.5. The van der Waals surface area contributed by atoms with Gasteiger partial charge in [-0.2, -0.15) is 0 Å². The molecule has 0 saturated carbocycles. The van der Waals surface area contributed by atoms with Gasteiger partial charge in [0, 0.05) is 24.2 Å². The van der Waals surface area contributed by atoms with Crippen LogP contribution in [0.25, 0.3) is 0 Å². The number of likely N-dealkylation sites (N-methyl/N-ethyl adjacent to an activating group) is 1. The number of ether oxygens (including phenoxy) is 2. The first-order chi connectivity index (χ1) is 13.5. The topological polar surface area (TPSA) is 71.0 Å². The van der Waals surface area contributed by atoms with Crippen LogP contribution < -0.4 is 20.1 Å². The van der Waals surface area contributed by atoms with Crippen molar-refractivity contribution in [1.82, 2.24) is 20.5 Å². The van der Waals surface area contributed by atoms with Crippen molar-refractivity contribution in [1.29, 1.82) is 0 Å². The molecule has 154 valence electrons. The molecule has 0 bridgehead atoms. The molecule has 0 aliphatic rings. The summed E-state index contributed by atoms with van der Waals surface area (Å²) >= 11 is 1.67. The standard InChI is InChI=1S/C20H31N5O2S/c1-7-21-20(24-13-19-22-11-14(2)28-19)23-12-16(25(3)4)15-8-9-17(26-5)18(10-15)27-6/h8-11,16H,7,12-13H2,1-6H3,(H2,21,23,24). The van der Waals surface area contributed by atoms with Crippen molar-refractivity contribution in [3.63, 3.8) is 0 Å². The molecule has 0 amide bonds. The summed E-state index contributed by atoms with van der Waals surface area (Å²) in [5.74, 6) is 2.24. The molecule has 1 heterocycles. The third kappa shape index (κ3) is 6.10. The Morgan fingerprint density at radius 3 is 2.54 bits per heavy atom. The van der Waals surface area contributed by atoms with E-state index in [4.69, 9.17) is 9.47 Å². The highest BCUT2D eigenvalue weighted by Crippen LogP contribution is 2.31. The number of aliphatic imine (C=N–C) groups is 1. The number of thiazole rings is 1. The third-order valence-electron chi connectivity index (χ3n) is 4.26. The van der Waals surface area contributed by atoms with Gasteiger partial charge in [0.1, 0.15) is 5.01 Å². The lowest BCUT2D eigenvalue weighted by Gasteiger charge is -2.26. The first kappa shape index (κ1) is 22.0. The van der Waals surface area contributed by atoms with Crippen LogP contribution in [-0.2, 0) is 6.54 Å². The minimum atomic E-state index is 0.144. The Kier molecular flexibility index (Phi) is 8.53. The van der Waals surface area contributed by atoms with Crippen molar-refractivity contribution in [2.75, 3.05) is 41.4 Å². The molecule has 1 unspecified atom stereocenters. The van der Waals surface area contributed by atoms with E-state index in [0.717, 1.165) is 34.6 Å². The summed E-state index contributed by atoms with van der Waals surface area (Å²) in [6.45, 7) is 6.18. The Labute approximate surface area is 171 Å². The van der Waals surface area contributed by atoms with Crippen LogP contribution >= 0.6 is 11.3 Å². The minimum Gasteiger partial charge on any atom is -0.493 e. The Bertz CT molecular complexity index is 776. The number of rotatable bonds is 9. The van der Waals surface area contributed by atoms with Crippen molar-refractivity contribution in [3.8, 4) is 11.5 Å². The molecule has 8 heteroatoms. The molecule has 2 rings (SSSR count). The monoisotopic (exact) mass is 405 g/mol. The predicted molar refractivity (Wildman–Crippen MR) is 116 cm³/mol. The van der Waals surface area contributed by atoms with Gasteiger partial charge in [0.05, 0.1) is 26.8 Å². The van der Waals surface area contributed by atoms with Crippen LogP contribution in [-0.4, -0.2) is 57.2 Å². The summed E-state index contributed by atoms with van der Waals surface area (Å²) in [6.07, 6.45) is 1.88. The van der Waals surface area contributed by atoms with Gasteiger partial charge in [-0.25, -0.2) is 9.98 Å². The number of hydrogen-bond acceptors (Lipinski definition) is 6. The molecule has 0 spiro atoms. The van der Waals surface area contributed by atoms with E-state index in [-0.39, 0.29) is 6.04 Å². The lowest BCUT2D eigenvalue weighted by molar-refractivity contribution is 0.295. The van der Waals surface area contributed by atoms with E-state index in [1.807, 2.05) is 18.3 Å². The number of guanidine groups is 1. The number of methoxy groups -OCH3 is 2. The molecule has 1 atom stereocenters. The molecule has 1 aromatic heterocycles. The smallest absolute Gasteiger partial charge is 0.191 e. The molecular formula is C20H31N5O2S. The van der Waals surface area contributed by atoms with Crippen LogP contribution in [0.15, 0.2) is 29.4 Å². The molecule has 0 aliphatic heterocycles. The van der Waals surface area contributed by atoms with Crippen molar-refractivity contribution >= 4 is 17.3 Å². The predicted octanol–water partition coefficient (Wildman–Crippen LogP) is 2.83. The summed E-state index contributed by atoms with van der Waals surface area (Å²) in [5, 5.41) is 7.76. The van der Waals surface area contributed by atoms with Crippen LogP contribution in [0.5, 0.6) is 11.5 Å². The number of aryl methyl sites for hydroxylation is 1. The Balaban J connectivity index is 2.11. The minimum absolute atomic E-state index is 0.144. The summed E-state index contributed by atoms with van der Waals surface area (Å²) < 4.78 is 10.8. The molecule has 1 aromatic carbocycles. The number of hydrogen-bond donors (Lipinski definition) is 2. The summed E-state index contributed by atoms with van der Waals surface area (Å²) in [6, 6.07) is 6.17. The van der Waals surface area contributed by atoms with Gasteiger partial charge in [0.25, 0.3) is 0 Å². The third-order valence-corrected chi connectivity index (χ3v) is 5.16. The molecular weight excluding hydrogens is 374 g/mol. The molecule has 0 aliphatic carbocycles. The highest BCUT2D eigenvalue weighted by molar-refractivity contribution is 7.11. The fourth-order valence-electron chi connectivity index (χ4n) is 2.81. The van der Waals surface area contributed by atoms with Gasteiger partial charge in [-0.3, -0.25) is 0 Å². The van der Waals surface area contributed by atoms with Gasteiger partial charge < -0.3 is 25.0 Å². The van der Waals surface area contributed by atoms with Crippen molar-refractivity contribution in [3.05, 3.63) is 39.8 Å². The van der Waals surface area contributed by atoms with Crippen LogP contribution in [0, 0.1) is 6.92 Å². The van der Waals surface area contributed by atoms with E-state index in [0.29, 0.717) is 13.1 Å². The Morgan fingerprint density at radius 2 is 1.96 bits per heavy atom. The number of aromatic nitrogens is 1. The average molecular weight is 406 g/mol. The van der Waals surface area contributed by atoms with E-state index >= 15 is 0 Å². The fourth-order valence-corrected chi connectivity index (χ4v) is 3.53. The molecule has 0 radical (unpaired) electrons. The van der Waals surface area contributed by atoms with E-state index in [9.17, 15) is 0 Å². The number of nitrogens with zero attached hydrogens (tertiary/aromatic N) is 3. The summed E-state index contributed by atoms with van der Waals surface area (Å²) in [4.78, 5) is 12.4. The zero-order valence-corrected chi connectivity index (χ0v) is 18.4. The SMILES string of the molecule is CCNC(=NCc1ncc(C)s1)NCC(c1ccc(OC)c(OC)c1)N(C)C. The van der Waals surface area contributed by atoms with Crippen molar-refractivity contribution in [2.24, 2.45) is 4.99 Å². The second-order valence-electron chi connectivity index (χ2n) is 6.53. The number of benzene rings is 1. The van der Waals surface area contributed by atoms with Gasteiger partial charge in [0.15, 0.2) is 17.5 Å². The molecule has 28 heavy (non-hydrogen) atoms. The van der Waals surface area contributed by atoms with E-state index in [2.05, 4.69) is 59.5 Å². The fraction of sp³-hybridized carbons (Fsp3) is 0.500. The van der Waals surface area contributed by atoms with Crippen molar-refractivity contribution < 1.29 is 9.47 Å². The lowest BCUT2D eigenvalue weighted by atomic mass is 10.1. The highest BCUT2D eigenvalue weighted by atomic mass is 32.1. The maximum Gasteiger partial charge on any atom is 0.191 e. The molecule has 0 fully saturated rings. The second-order valence-corrected chi connectivity index (χ2v) is 7.85.